The van der Waals surface area contributed by atoms with Crippen LogP contribution >= 0.6 is 12.2 Å². The minimum atomic E-state index is -0.0685. The van der Waals surface area contributed by atoms with E-state index in [1.807, 2.05) is 0 Å². The summed E-state index contributed by atoms with van der Waals surface area (Å²) in [5.74, 6) is 0. The van der Waals surface area contributed by atoms with Gasteiger partial charge < -0.3 is 4.98 Å². The third kappa shape index (κ3) is 14.5. The van der Waals surface area contributed by atoms with Crippen LogP contribution in [0.3, 0.4) is 0 Å². The molecule has 1 rings (SSSR count). The van der Waals surface area contributed by atoms with Crippen molar-refractivity contribution in [3.05, 3.63) is 39.0 Å². The average molecular weight is 449 g/mol. The highest BCUT2D eigenvalue weighted by molar-refractivity contribution is 7.71. The van der Waals surface area contributed by atoms with Gasteiger partial charge in [0.1, 0.15) is 0 Å². The van der Waals surface area contributed by atoms with Crippen molar-refractivity contribution >= 4 is 12.2 Å². The number of H-pyrrole nitrogens is 2. The van der Waals surface area contributed by atoms with Crippen LogP contribution in [0, 0.1) is 4.77 Å². The summed E-state index contributed by atoms with van der Waals surface area (Å²) in [5, 5.41) is 0. The van der Waals surface area contributed by atoms with Crippen molar-refractivity contribution in [2.75, 3.05) is 0 Å². The Bertz CT molecular complexity index is 677. The molecule has 0 aromatic carbocycles. The third-order valence-corrected chi connectivity index (χ3v) is 6.46. The molecule has 1 heterocycles. The van der Waals surface area contributed by atoms with E-state index < -0.39 is 0 Å². The summed E-state index contributed by atoms with van der Waals surface area (Å²) in [6, 6.07) is 0. The van der Waals surface area contributed by atoms with Crippen LogP contribution in [0.15, 0.2) is 17.4 Å². The number of unbranched alkanes of at least 4 members (excludes halogenated alkanes) is 17. The molecule has 31 heavy (non-hydrogen) atoms. The molecule has 0 fully saturated rings. The monoisotopic (exact) mass is 448 g/mol. The largest absolute Gasteiger partial charge is 0.336 e. The van der Waals surface area contributed by atoms with Crippen molar-refractivity contribution in [1.82, 2.24) is 9.97 Å². The number of aromatic nitrogens is 2. The molecule has 0 aliphatic carbocycles. The molecule has 0 spiro atoms. The minimum absolute atomic E-state index is 0.0685. The van der Waals surface area contributed by atoms with Gasteiger partial charge in [0.15, 0.2) is 4.77 Å². The summed E-state index contributed by atoms with van der Waals surface area (Å²) in [4.78, 5) is 17.9. The molecular formula is C27H48N2OS. The zero-order chi connectivity index (χ0) is 22.6. The van der Waals surface area contributed by atoms with Gasteiger partial charge >= 0.3 is 0 Å². The predicted octanol–water partition coefficient (Wildman–Crippen LogP) is 8.75. The van der Waals surface area contributed by atoms with Gasteiger partial charge in [-0.25, -0.2) is 0 Å². The Morgan fingerprint density at radius 3 is 1.55 bits per heavy atom. The number of nitrogens with one attached hydrogen (secondary N) is 2. The molecule has 0 aliphatic heterocycles. The topological polar surface area (TPSA) is 48.6 Å². The smallest absolute Gasteiger partial charge is 0.255 e. The normalized spacial score (nSPS) is 11.1. The van der Waals surface area contributed by atoms with Gasteiger partial charge in [0.25, 0.3) is 5.56 Å². The third-order valence-electron chi connectivity index (χ3n) is 6.26. The molecule has 0 unspecified atom stereocenters. The number of allylic oxidation sites excluding steroid dienone is 1. The Morgan fingerprint density at radius 1 is 0.710 bits per heavy atom. The van der Waals surface area contributed by atoms with Crippen molar-refractivity contribution in [1.29, 1.82) is 0 Å². The van der Waals surface area contributed by atoms with Crippen LogP contribution in [0.25, 0.3) is 0 Å². The fourth-order valence-corrected chi connectivity index (χ4v) is 4.55. The SMILES string of the molecule is C=CCc1c(CCCCCCCCCCCCCCCCCCCC)[nH]c(=S)[nH]c1=O. The van der Waals surface area contributed by atoms with Gasteiger partial charge in [0.2, 0.25) is 0 Å². The number of rotatable bonds is 21. The second-order valence-electron chi connectivity index (χ2n) is 9.12. The van der Waals surface area contributed by atoms with E-state index in [-0.39, 0.29) is 5.56 Å². The first-order valence-corrected chi connectivity index (χ1v) is 13.5. The molecule has 1 aromatic heterocycles. The van der Waals surface area contributed by atoms with E-state index in [9.17, 15) is 4.79 Å². The molecule has 1 aromatic rings. The molecule has 2 N–H and O–H groups in total. The summed E-state index contributed by atoms with van der Waals surface area (Å²) in [6.07, 6.45) is 28.1. The Kier molecular flexibility index (Phi) is 17.6. The van der Waals surface area contributed by atoms with Gasteiger partial charge in [-0.3, -0.25) is 9.78 Å². The highest BCUT2D eigenvalue weighted by Gasteiger charge is 2.06. The molecule has 0 saturated heterocycles. The van der Waals surface area contributed by atoms with Gasteiger partial charge in [-0.15, -0.1) is 6.58 Å². The van der Waals surface area contributed by atoms with Crippen LogP contribution in [0.2, 0.25) is 0 Å². The highest BCUT2D eigenvalue weighted by Crippen LogP contribution is 2.15. The lowest BCUT2D eigenvalue weighted by atomic mass is 10.0. The Hall–Kier alpha value is -1.16. The zero-order valence-corrected chi connectivity index (χ0v) is 21.1. The van der Waals surface area contributed by atoms with E-state index in [1.165, 1.54) is 109 Å². The molecule has 0 bridgehead atoms. The van der Waals surface area contributed by atoms with Crippen molar-refractivity contribution in [2.24, 2.45) is 0 Å². The zero-order valence-electron chi connectivity index (χ0n) is 20.2. The molecule has 0 radical (unpaired) electrons. The van der Waals surface area contributed by atoms with Crippen LogP contribution in [0.4, 0.5) is 0 Å². The fourth-order valence-electron chi connectivity index (χ4n) is 4.34. The number of aromatic amines is 2. The molecule has 0 atom stereocenters. The summed E-state index contributed by atoms with van der Waals surface area (Å²) in [5.41, 5.74) is 1.71. The summed E-state index contributed by atoms with van der Waals surface area (Å²) in [7, 11) is 0. The second kappa shape index (κ2) is 19.5. The molecule has 178 valence electrons. The van der Waals surface area contributed by atoms with Gasteiger partial charge in [-0.2, -0.15) is 0 Å². The molecule has 0 amide bonds. The maximum Gasteiger partial charge on any atom is 0.255 e. The lowest BCUT2D eigenvalue weighted by Gasteiger charge is -2.07. The Balaban J connectivity index is 1.92. The quantitative estimate of drug-likeness (QED) is 0.112. The van der Waals surface area contributed by atoms with Crippen LogP contribution in [0.5, 0.6) is 0 Å². The second-order valence-corrected chi connectivity index (χ2v) is 9.53. The first-order valence-electron chi connectivity index (χ1n) is 13.1. The Labute approximate surface area is 196 Å². The standard InChI is InChI=1S/C27H48N2OS/c1-3-5-6-7-8-9-10-11-12-13-14-15-16-17-18-19-20-21-23-25-24(22-4-2)26(30)29-27(31)28-25/h4H,2-3,5-23H2,1H3,(H2,28,29,30,31). The van der Waals surface area contributed by atoms with Gasteiger partial charge in [-0.05, 0) is 31.5 Å². The lowest BCUT2D eigenvalue weighted by molar-refractivity contribution is 0.524. The average Bonchev–Trinajstić information content (AvgIpc) is 2.75. The van der Waals surface area contributed by atoms with Crippen LogP contribution in [-0.2, 0) is 12.8 Å². The van der Waals surface area contributed by atoms with Crippen LogP contribution in [-0.4, -0.2) is 9.97 Å². The van der Waals surface area contributed by atoms with Gasteiger partial charge in [0, 0.05) is 11.3 Å². The maximum absolute atomic E-state index is 12.1. The summed E-state index contributed by atoms with van der Waals surface area (Å²) >= 11 is 5.12. The van der Waals surface area contributed by atoms with Crippen molar-refractivity contribution in [2.45, 2.75) is 135 Å². The Morgan fingerprint density at radius 2 is 1.13 bits per heavy atom. The summed E-state index contributed by atoms with van der Waals surface area (Å²) in [6.45, 7) is 6.04. The summed E-state index contributed by atoms with van der Waals surface area (Å²) < 4.78 is 0.426. The van der Waals surface area contributed by atoms with E-state index in [2.05, 4.69) is 23.5 Å². The van der Waals surface area contributed by atoms with Crippen molar-refractivity contribution in [3.8, 4) is 0 Å². The number of hydrogen-bond donors (Lipinski definition) is 2. The number of hydrogen-bond acceptors (Lipinski definition) is 2. The van der Waals surface area contributed by atoms with Gasteiger partial charge in [0.05, 0.1) is 0 Å². The molecular weight excluding hydrogens is 400 g/mol. The van der Waals surface area contributed by atoms with Crippen LogP contribution < -0.4 is 5.56 Å². The first kappa shape index (κ1) is 27.9. The van der Waals surface area contributed by atoms with Crippen molar-refractivity contribution < 1.29 is 0 Å². The molecule has 3 nitrogen and oxygen atoms in total. The van der Waals surface area contributed by atoms with E-state index in [1.54, 1.807) is 6.08 Å². The van der Waals surface area contributed by atoms with E-state index >= 15 is 0 Å². The molecule has 0 saturated carbocycles. The van der Waals surface area contributed by atoms with E-state index in [4.69, 9.17) is 12.2 Å². The first-order chi connectivity index (χ1) is 15.2. The number of aryl methyl sites for hydroxylation is 1. The van der Waals surface area contributed by atoms with Gasteiger partial charge in [-0.1, -0.05) is 122 Å². The molecule has 0 aliphatic rings. The van der Waals surface area contributed by atoms with E-state index in [0.717, 1.165) is 24.1 Å². The fraction of sp³-hybridized carbons (Fsp3) is 0.778. The van der Waals surface area contributed by atoms with E-state index in [0.29, 0.717) is 11.2 Å². The minimum Gasteiger partial charge on any atom is -0.336 e. The van der Waals surface area contributed by atoms with Crippen molar-refractivity contribution in [3.63, 3.8) is 0 Å². The van der Waals surface area contributed by atoms with Crippen LogP contribution in [0.1, 0.15) is 134 Å². The highest BCUT2D eigenvalue weighted by atomic mass is 32.1. The predicted molar refractivity (Wildman–Crippen MR) is 139 cm³/mol. The molecule has 4 heteroatoms. The lowest BCUT2D eigenvalue weighted by Crippen LogP contribution is -2.17. The maximum atomic E-state index is 12.1.